The van der Waals surface area contributed by atoms with Crippen molar-refractivity contribution in [3.63, 3.8) is 0 Å². The summed E-state index contributed by atoms with van der Waals surface area (Å²) in [7, 11) is 0. The van der Waals surface area contributed by atoms with E-state index in [2.05, 4.69) is 4.98 Å². The van der Waals surface area contributed by atoms with Crippen LogP contribution < -0.4 is 0 Å². The predicted molar refractivity (Wildman–Crippen MR) is 85.5 cm³/mol. The maximum absolute atomic E-state index is 6.32. The summed E-state index contributed by atoms with van der Waals surface area (Å²) in [5, 5.41) is 1.27. The van der Waals surface area contributed by atoms with E-state index in [1.165, 1.54) is 0 Å². The zero-order valence-electron chi connectivity index (χ0n) is 10.5. The van der Waals surface area contributed by atoms with Gasteiger partial charge in [0.1, 0.15) is 5.82 Å². The lowest BCUT2D eigenvalue weighted by Gasteiger charge is -2.11. The number of benzene rings is 2. The van der Waals surface area contributed by atoms with Crippen molar-refractivity contribution >= 4 is 45.8 Å². The van der Waals surface area contributed by atoms with Crippen LogP contribution in [0.2, 0.25) is 10.0 Å². The average Bonchev–Trinajstić information content (AvgIpc) is 2.80. The Morgan fingerprint density at radius 3 is 2.65 bits per heavy atom. The van der Waals surface area contributed by atoms with E-state index in [4.69, 9.17) is 34.8 Å². The van der Waals surface area contributed by atoms with Gasteiger partial charge in [-0.05, 0) is 30.3 Å². The minimum absolute atomic E-state index is 0.501. The number of hydrogen-bond acceptors (Lipinski definition) is 1. The Labute approximate surface area is 131 Å². The van der Waals surface area contributed by atoms with Crippen molar-refractivity contribution < 1.29 is 0 Å². The molecule has 0 spiro atoms. The van der Waals surface area contributed by atoms with Gasteiger partial charge < -0.3 is 0 Å². The number of hydrogen-bond donors (Lipinski definition) is 0. The quantitative estimate of drug-likeness (QED) is 0.612. The van der Waals surface area contributed by atoms with Gasteiger partial charge in [0.15, 0.2) is 0 Å². The first-order chi connectivity index (χ1) is 9.70. The monoisotopic (exact) mass is 324 g/mol. The number of aryl methyl sites for hydroxylation is 1. The zero-order valence-corrected chi connectivity index (χ0v) is 12.8. The van der Waals surface area contributed by atoms with Crippen molar-refractivity contribution in [1.82, 2.24) is 9.55 Å². The van der Waals surface area contributed by atoms with E-state index in [-0.39, 0.29) is 0 Å². The molecule has 2 nitrogen and oxygen atoms in total. The number of para-hydroxylation sites is 2. The molecule has 0 saturated heterocycles. The molecule has 0 unspecified atom stereocenters. The van der Waals surface area contributed by atoms with Crippen LogP contribution >= 0.6 is 34.8 Å². The van der Waals surface area contributed by atoms with Crippen LogP contribution in [-0.2, 0) is 6.42 Å². The molecule has 3 aromatic rings. The van der Waals surface area contributed by atoms with Gasteiger partial charge in [-0.15, -0.1) is 11.6 Å². The van der Waals surface area contributed by atoms with E-state index in [0.29, 0.717) is 22.3 Å². The number of halogens is 3. The first kappa shape index (κ1) is 13.7. The highest BCUT2D eigenvalue weighted by Gasteiger charge is 2.14. The maximum Gasteiger partial charge on any atom is 0.115 e. The summed E-state index contributed by atoms with van der Waals surface area (Å²) in [6, 6.07) is 13.3. The van der Waals surface area contributed by atoms with Crippen LogP contribution in [0, 0.1) is 0 Å². The second-order valence-corrected chi connectivity index (χ2v) is 5.61. The minimum atomic E-state index is 0.501. The van der Waals surface area contributed by atoms with Gasteiger partial charge in [0.2, 0.25) is 0 Å². The molecular formula is C15H11Cl3N2. The normalized spacial score (nSPS) is 11.2. The Morgan fingerprint density at radius 1 is 1.05 bits per heavy atom. The summed E-state index contributed by atoms with van der Waals surface area (Å²) in [6.45, 7) is 0. The largest absolute Gasteiger partial charge is 0.295 e. The Hall–Kier alpha value is -1.22. The SMILES string of the molecule is ClCCc1nc2ccccc2n1-c1cc(Cl)ccc1Cl. The van der Waals surface area contributed by atoms with Crippen molar-refractivity contribution in [2.75, 3.05) is 5.88 Å². The van der Waals surface area contributed by atoms with Crippen molar-refractivity contribution in [2.45, 2.75) is 6.42 Å². The molecule has 0 amide bonds. The smallest absolute Gasteiger partial charge is 0.115 e. The maximum atomic E-state index is 6.32. The lowest BCUT2D eigenvalue weighted by molar-refractivity contribution is 0.912. The molecule has 102 valence electrons. The van der Waals surface area contributed by atoms with Crippen molar-refractivity contribution in [1.29, 1.82) is 0 Å². The minimum Gasteiger partial charge on any atom is -0.295 e. The molecule has 0 bridgehead atoms. The second-order valence-electron chi connectivity index (χ2n) is 4.39. The van der Waals surface area contributed by atoms with Gasteiger partial charge in [0.25, 0.3) is 0 Å². The van der Waals surface area contributed by atoms with Crippen LogP contribution in [0.5, 0.6) is 0 Å². The van der Waals surface area contributed by atoms with Crippen LogP contribution in [0.15, 0.2) is 42.5 Å². The van der Waals surface area contributed by atoms with Gasteiger partial charge >= 0.3 is 0 Å². The average molecular weight is 326 g/mol. The van der Waals surface area contributed by atoms with E-state index in [9.17, 15) is 0 Å². The third-order valence-corrected chi connectivity index (χ3v) is 3.84. The molecule has 0 atom stereocenters. The van der Waals surface area contributed by atoms with E-state index in [1.54, 1.807) is 12.1 Å². The van der Waals surface area contributed by atoms with Gasteiger partial charge in [-0.2, -0.15) is 0 Å². The molecule has 0 radical (unpaired) electrons. The summed E-state index contributed by atoms with van der Waals surface area (Å²) < 4.78 is 2.02. The van der Waals surface area contributed by atoms with E-state index in [0.717, 1.165) is 22.5 Å². The molecule has 0 aliphatic rings. The number of aromatic nitrogens is 2. The molecule has 0 N–H and O–H groups in total. The molecule has 5 heteroatoms. The molecule has 0 aliphatic heterocycles. The molecule has 0 saturated carbocycles. The van der Waals surface area contributed by atoms with E-state index < -0.39 is 0 Å². The Balaban J connectivity index is 2.33. The van der Waals surface area contributed by atoms with Crippen LogP contribution in [0.3, 0.4) is 0 Å². The summed E-state index contributed by atoms with van der Waals surface area (Å²) in [5.74, 6) is 1.38. The predicted octanol–water partition coefficient (Wildman–Crippen LogP) is 5.11. The molecule has 3 rings (SSSR count). The lowest BCUT2D eigenvalue weighted by Crippen LogP contribution is -2.03. The summed E-state index contributed by atoms with van der Waals surface area (Å²) in [4.78, 5) is 4.63. The zero-order chi connectivity index (χ0) is 14.1. The first-order valence-electron chi connectivity index (χ1n) is 6.18. The number of fused-ring (bicyclic) bond motifs is 1. The number of alkyl halides is 1. The topological polar surface area (TPSA) is 17.8 Å². The van der Waals surface area contributed by atoms with Gasteiger partial charge in [0, 0.05) is 17.3 Å². The standard InChI is InChI=1S/C15H11Cl3N2/c16-8-7-15-19-12-3-1-2-4-13(12)20(15)14-9-10(17)5-6-11(14)18/h1-6,9H,7-8H2. The van der Waals surface area contributed by atoms with Crippen LogP contribution in [0.1, 0.15) is 5.82 Å². The molecule has 2 aromatic carbocycles. The molecule has 20 heavy (non-hydrogen) atoms. The molecule has 0 fully saturated rings. The van der Waals surface area contributed by atoms with Crippen molar-refractivity contribution in [3.05, 3.63) is 58.3 Å². The summed E-state index contributed by atoms with van der Waals surface area (Å²) in [6.07, 6.45) is 0.666. The third kappa shape index (κ3) is 2.39. The fraction of sp³-hybridized carbons (Fsp3) is 0.133. The highest BCUT2D eigenvalue weighted by atomic mass is 35.5. The Bertz CT molecular complexity index is 765. The van der Waals surface area contributed by atoms with E-state index >= 15 is 0 Å². The van der Waals surface area contributed by atoms with Crippen LogP contribution in [-0.4, -0.2) is 15.4 Å². The number of nitrogens with zero attached hydrogens (tertiary/aromatic N) is 2. The second kappa shape index (κ2) is 5.65. The van der Waals surface area contributed by atoms with Crippen molar-refractivity contribution in [3.8, 4) is 5.69 Å². The van der Waals surface area contributed by atoms with Gasteiger partial charge in [-0.1, -0.05) is 35.3 Å². The molecule has 0 aliphatic carbocycles. The fourth-order valence-corrected chi connectivity index (χ4v) is 2.79. The first-order valence-corrected chi connectivity index (χ1v) is 7.47. The lowest BCUT2D eigenvalue weighted by atomic mass is 10.2. The number of imidazole rings is 1. The Kier molecular flexibility index (Phi) is 3.88. The third-order valence-electron chi connectivity index (χ3n) is 3.10. The Morgan fingerprint density at radius 2 is 1.85 bits per heavy atom. The highest BCUT2D eigenvalue weighted by molar-refractivity contribution is 6.34. The summed E-state index contributed by atoms with van der Waals surface area (Å²) >= 11 is 18.3. The summed E-state index contributed by atoms with van der Waals surface area (Å²) in [5.41, 5.74) is 2.74. The number of rotatable bonds is 3. The molecule has 1 heterocycles. The molecule has 1 aromatic heterocycles. The van der Waals surface area contributed by atoms with Crippen LogP contribution in [0.25, 0.3) is 16.7 Å². The van der Waals surface area contributed by atoms with Crippen molar-refractivity contribution in [2.24, 2.45) is 0 Å². The van der Waals surface area contributed by atoms with Gasteiger partial charge in [0.05, 0.1) is 21.7 Å². The van der Waals surface area contributed by atoms with Gasteiger partial charge in [-0.3, -0.25) is 4.57 Å². The highest BCUT2D eigenvalue weighted by Crippen LogP contribution is 2.29. The van der Waals surface area contributed by atoms with Crippen LogP contribution in [0.4, 0.5) is 0 Å². The van der Waals surface area contributed by atoms with Gasteiger partial charge in [-0.25, -0.2) is 4.98 Å². The fourth-order valence-electron chi connectivity index (χ4n) is 2.25. The van der Waals surface area contributed by atoms with E-state index in [1.807, 2.05) is 34.9 Å². The molecular weight excluding hydrogens is 315 g/mol.